The molecule has 2 aromatic rings. The molecule has 5 nitrogen and oxygen atoms in total. The Balaban J connectivity index is 1.80. The fourth-order valence-electron chi connectivity index (χ4n) is 3.30. The van der Waals surface area contributed by atoms with E-state index < -0.39 is 10.0 Å². The van der Waals surface area contributed by atoms with E-state index in [1.807, 2.05) is 45.0 Å². The molecular weight excluding hydrogens is 324 g/mol. The lowest BCUT2D eigenvalue weighted by molar-refractivity contribution is 0.207. The molecule has 6 heteroatoms. The third-order valence-corrected chi connectivity index (χ3v) is 6.41. The van der Waals surface area contributed by atoms with Crippen LogP contribution in [-0.4, -0.2) is 36.9 Å². The zero-order chi connectivity index (χ0) is 17.3. The van der Waals surface area contributed by atoms with E-state index in [9.17, 15) is 8.42 Å². The molecule has 0 spiro atoms. The summed E-state index contributed by atoms with van der Waals surface area (Å²) in [5.74, 6) is 0.532. The Morgan fingerprint density at radius 3 is 2.50 bits per heavy atom. The Kier molecular flexibility index (Phi) is 4.60. The van der Waals surface area contributed by atoms with Gasteiger partial charge in [0.1, 0.15) is 6.10 Å². The molecule has 0 aliphatic carbocycles. The van der Waals surface area contributed by atoms with Crippen LogP contribution in [0.5, 0.6) is 5.88 Å². The SMILES string of the molecule is Cc1cc(C)c(S(=O)(=O)N2CCC(Oc3ccccn3)C2)c(C)c1. The van der Waals surface area contributed by atoms with Crippen molar-refractivity contribution < 1.29 is 13.2 Å². The summed E-state index contributed by atoms with van der Waals surface area (Å²) in [4.78, 5) is 4.56. The minimum absolute atomic E-state index is 0.166. The molecule has 1 aromatic heterocycles. The molecule has 0 saturated carbocycles. The second kappa shape index (κ2) is 6.53. The summed E-state index contributed by atoms with van der Waals surface area (Å²) in [5.41, 5.74) is 2.66. The fourth-order valence-corrected chi connectivity index (χ4v) is 5.20. The average molecular weight is 346 g/mol. The first kappa shape index (κ1) is 16.9. The molecule has 128 valence electrons. The van der Waals surface area contributed by atoms with Gasteiger partial charge in [-0.25, -0.2) is 13.4 Å². The van der Waals surface area contributed by atoms with Crippen LogP contribution >= 0.6 is 0 Å². The summed E-state index contributed by atoms with van der Waals surface area (Å²) in [7, 11) is -3.51. The van der Waals surface area contributed by atoms with Crippen molar-refractivity contribution in [3.63, 3.8) is 0 Å². The topological polar surface area (TPSA) is 59.5 Å². The largest absolute Gasteiger partial charge is 0.473 e. The Morgan fingerprint density at radius 1 is 1.17 bits per heavy atom. The van der Waals surface area contributed by atoms with Crippen molar-refractivity contribution in [2.75, 3.05) is 13.1 Å². The van der Waals surface area contributed by atoms with Gasteiger partial charge in [-0.3, -0.25) is 0 Å². The van der Waals surface area contributed by atoms with Gasteiger partial charge >= 0.3 is 0 Å². The van der Waals surface area contributed by atoms with Gasteiger partial charge in [0, 0.05) is 18.8 Å². The number of sulfonamides is 1. The van der Waals surface area contributed by atoms with Gasteiger partial charge in [0.05, 0.1) is 11.4 Å². The van der Waals surface area contributed by atoms with Gasteiger partial charge in [0.15, 0.2) is 0 Å². The van der Waals surface area contributed by atoms with Gasteiger partial charge in [-0.1, -0.05) is 23.8 Å². The summed E-state index contributed by atoms with van der Waals surface area (Å²) in [6, 6.07) is 9.28. The predicted octanol–water partition coefficient (Wildman–Crippen LogP) is 2.85. The normalized spacial score (nSPS) is 18.7. The molecule has 0 amide bonds. The van der Waals surface area contributed by atoms with Crippen molar-refractivity contribution in [2.24, 2.45) is 0 Å². The van der Waals surface area contributed by atoms with Crippen LogP contribution in [0.4, 0.5) is 0 Å². The van der Waals surface area contributed by atoms with Crippen LogP contribution in [0.2, 0.25) is 0 Å². The van der Waals surface area contributed by atoms with Crippen molar-refractivity contribution in [2.45, 2.75) is 38.2 Å². The van der Waals surface area contributed by atoms with Gasteiger partial charge < -0.3 is 4.74 Å². The van der Waals surface area contributed by atoms with Crippen LogP contribution in [-0.2, 0) is 10.0 Å². The lowest BCUT2D eigenvalue weighted by Crippen LogP contribution is -2.32. The lowest BCUT2D eigenvalue weighted by atomic mass is 10.1. The fraction of sp³-hybridized carbons (Fsp3) is 0.389. The number of aromatic nitrogens is 1. The minimum Gasteiger partial charge on any atom is -0.473 e. The van der Waals surface area contributed by atoms with Gasteiger partial charge in [-0.2, -0.15) is 4.31 Å². The molecule has 1 aromatic carbocycles. The maximum Gasteiger partial charge on any atom is 0.243 e. The van der Waals surface area contributed by atoms with Crippen LogP contribution in [0, 0.1) is 20.8 Å². The molecular formula is C18H22N2O3S. The van der Waals surface area contributed by atoms with Crippen LogP contribution in [0.25, 0.3) is 0 Å². The lowest BCUT2D eigenvalue weighted by Gasteiger charge is -2.20. The first-order chi connectivity index (χ1) is 11.4. The highest BCUT2D eigenvalue weighted by Gasteiger charge is 2.35. The third kappa shape index (κ3) is 3.30. The molecule has 2 heterocycles. The molecule has 24 heavy (non-hydrogen) atoms. The second-order valence-corrected chi connectivity index (χ2v) is 8.16. The first-order valence-corrected chi connectivity index (χ1v) is 9.47. The summed E-state index contributed by atoms with van der Waals surface area (Å²) >= 11 is 0. The monoisotopic (exact) mass is 346 g/mol. The van der Waals surface area contributed by atoms with Crippen LogP contribution in [0.1, 0.15) is 23.1 Å². The number of aryl methyl sites for hydroxylation is 3. The van der Waals surface area contributed by atoms with Crippen molar-refractivity contribution in [1.82, 2.24) is 9.29 Å². The molecule has 0 bridgehead atoms. The Hall–Kier alpha value is -1.92. The van der Waals surface area contributed by atoms with E-state index in [2.05, 4.69) is 4.98 Å². The van der Waals surface area contributed by atoms with Crippen molar-refractivity contribution >= 4 is 10.0 Å². The van der Waals surface area contributed by atoms with E-state index in [0.29, 0.717) is 30.3 Å². The van der Waals surface area contributed by atoms with Gasteiger partial charge in [0.25, 0.3) is 0 Å². The van der Waals surface area contributed by atoms with Gasteiger partial charge in [0.2, 0.25) is 15.9 Å². The molecule has 1 aliphatic heterocycles. The highest BCUT2D eigenvalue weighted by Crippen LogP contribution is 2.28. The molecule has 1 atom stereocenters. The van der Waals surface area contributed by atoms with Gasteiger partial charge in [-0.05, 0) is 44.4 Å². The summed E-state index contributed by atoms with van der Waals surface area (Å²) in [6.45, 7) is 6.50. The Morgan fingerprint density at radius 2 is 1.88 bits per heavy atom. The highest BCUT2D eigenvalue weighted by molar-refractivity contribution is 7.89. The standard InChI is InChI=1S/C18H22N2O3S/c1-13-10-14(2)18(15(3)11-13)24(21,22)20-9-7-16(12-20)23-17-6-4-5-8-19-17/h4-6,8,10-11,16H,7,9,12H2,1-3H3. The van der Waals surface area contributed by atoms with Crippen LogP contribution in [0.15, 0.2) is 41.4 Å². The predicted molar refractivity (Wildman–Crippen MR) is 92.7 cm³/mol. The quantitative estimate of drug-likeness (QED) is 0.854. The second-order valence-electron chi connectivity index (χ2n) is 6.29. The minimum atomic E-state index is -3.51. The molecule has 1 fully saturated rings. The molecule has 1 unspecified atom stereocenters. The maximum absolute atomic E-state index is 13.0. The Labute approximate surface area is 143 Å². The summed E-state index contributed by atoms with van der Waals surface area (Å²) < 4.78 is 33.4. The number of pyridine rings is 1. The summed E-state index contributed by atoms with van der Waals surface area (Å²) in [5, 5.41) is 0. The van der Waals surface area contributed by atoms with E-state index in [0.717, 1.165) is 16.7 Å². The Bertz CT molecular complexity index is 812. The number of rotatable bonds is 4. The smallest absolute Gasteiger partial charge is 0.243 e. The third-order valence-electron chi connectivity index (χ3n) is 4.24. The van der Waals surface area contributed by atoms with E-state index >= 15 is 0 Å². The van der Waals surface area contributed by atoms with E-state index in [1.165, 1.54) is 4.31 Å². The van der Waals surface area contributed by atoms with E-state index in [4.69, 9.17) is 4.74 Å². The highest BCUT2D eigenvalue weighted by atomic mass is 32.2. The first-order valence-electron chi connectivity index (χ1n) is 8.03. The number of nitrogens with zero attached hydrogens (tertiary/aromatic N) is 2. The zero-order valence-corrected chi connectivity index (χ0v) is 15.0. The van der Waals surface area contributed by atoms with Crippen molar-refractivity contribution in [3.8, 4) is 5.88 Å². The number of hydrogen-bond acceptors (Lipinski definition) is 4. The molecule has 3 rings (SSSR count). The van der Waals surface area contributed by atoms with Crippen LogP contribution in [0.3, 0.4) is 0 Å². The van der Waals surface area contributed by atoms with Crippen LogP contribution < -0.4 is 4.74 Å². The van der Waals surface area contributed by atoms with Gasteiger partial charge in [-0.15, -0.1) is 0 Å². The molecule has 1 aliphatic rings. The number of hydrogen-bond donors (Lipinski definition) is 0. The summed E-state index contributed by atoms with van der Waals surface area (Å²) in [6.07, 6.45) is 2.16. The molecule has 0 radical (unpaired) electrons. The van der Waals surface area contributed by atoms with E-state index in [1.54, 1.807) is 12.3 Å². The molecule has 0 N–H and O–H groups in total. The van der Waals surface area contributed by atoms with Crippen molar-refractivity contribution in [1.29, 1.82) is 0 Å². The number of benzene rings is 1. The van der Waals surface area contributed by atoms with E-state index in [-0.39, 0.29) is 6.10 Å². The average Bonchev–Trinajstić information content (AvgIpc) is 2.96. The maximum atomic E-state index is 13.0. The van der Waals surface area contributed by atoms with Crippen molar-refractivity contribution in [3.05, 3.63) is 53.2 Å². The molecule has 1 saturated heterocycles. The zero-order valence-electron chi connectivity index (χ0n) is 14.2. The number of ether oxygens (including phenoxy) is 1.